The second-order valence-electron chi connectivity index (χ2n) is 9.18. The van der Waals surface area contributed by atoms with Crippen molar-refractivity contribution in [3.63, 3.8) is 0 Å². The minimum atomic E-state index is -0.783. The van der Waals surface area contributed by atoms with Crippen molar-refractivity contribution >= 4 is 40.7 Å². The van der Waals surface area contributed by atoms with Crippen LogP contribution >= 0.6 is 0 Å². The SMILES string of the molecule is CCOC(=O)CCN(C(=O)c1ccc2c(c1)nc(C(C)Oc1ccc(/C(N)=N\C(=O)OC)cc1)n2C)c1ccccn1. The monoisotopic (exact) mass is 572 g/mol. The summed E-state index contributed by atoms with van der Waals surface area (Å²) in [5.74, 6) is 0.968. The number of anilines is 1. The quantitative estimate of drug-likeness (QED) is 0.168. The Labute approximate surface area is 242 Å². The maximum atomic E-state index is 13.6. The van der Waals surface area contributed by atoms with Crippen LogP contribution in [0.25, 0.3) is 11.0 Å². The lowest BCUT2D eigenvalue weighted by Gasteiger charge is -2.21. The van der Waals surface area contributed by atoms with E-state index in [0.717, 1.165) is 5.52 Å². The van der Waals surface area contributed by atoms with Gasteiger partial charge in [-0.2, -0.15) is 4.99 Å². The Morgan fingerprint density at radius 1 is 1.07 bits per heavy atom. The fourth-order valence-corrected chi connectivity index (χ4v) is 4.31. The van der Waals surface area contributed by atoms with E-state index in [9.17, 15) is 14.4 Å². The third-order valence-electron chi connectivity index (χ3n) is 6.39. The summed E-state index contributed by atoms with van der Waals surface area (Å²) in [5.41, 5.74) is 8.22. The number of hydrogen-bond donors (Lipinski definition) is 1. The zero-order chi connectivity index (χ0) is 30.2. The molecule has 2 aromatic carbocycles. The predicted molar refractivity (Wildman–Crippen MR) is 156 cm³/mol. The highest BCUT2D eigenvalue weighted by Crippen LogP contribution is 2.26. The van der Waals surface area contributed by atoms with Gasteiger partial charge in [0.05, 0.1) is 31.2 Å². The smallest absolute Gasteiger partial charge is 0.435 e. The molecular formula is C30H32N6O6. The van der Waals surface area contributed by atoms with E-state index in [1.165, 1.54) is 12.0 Å². The molecular weight excluding hydrogens is 540 g/mol. The lowest BCUT2D eigenvalue weighted by atomic mass is 10.1. The molecule has 0 aliphatic heterocycles. The number of nitrogens with zero attached hydrogens (tertiary/aromatic N) is 5. The molecule has 1 atom stereocenters. The number of aromatic nitrogens is 3. The maximum Gasteiger partial charge on any atom is 0.435 e. The Morgan fingerprint density at radius 3 is 2.48 bits per heavy atom. The average Bonchev–Trinajstić information content (AvgIpc) is 3.33. The summed E-state index contributed by atoms with van der Waals surface area (Å²) < 4.78 is 17.6. The molecule has 2 heterocycles. The number of ether oxygens (including phenoxy) is 3. The number of carbonyl (C=O) groups excluding carboxylic acids is 3. The molecule has 0 saturated carbocycles. The van der Waals surface area contributed by atoms with Crippen molar-refractivity contribution < 1.29 is 28.6 Å². The van der Waals surface area contributed by atoms with Crippen LogP contribution in [0.5, 0.6) is 5.75 Å². The number of fused-ring (bicyclic) bond motifs is 1. The molecule has 2 N–H and O–H groups in total. The van der Waals surface area contributed by atoms with Gasteiger partial charge in [-0.3, -0.25) is 14.5 Å². The van der Waals surface area contributed by atoms with Crippen molar-refractivity contribution in [3.8, 4) is 5.75 Å². The van der Waals surface area contributed by atoms with Gasteiger partial charge in [0.15, 0.2) is 11.9 Å². The van der Waals surface area contributed by atoms with E-state index in [0.29, 0.717) is 34.0 Å². The van der Waals surface area contributed by atoms with Gasteiger partial charge >= 0.3 is 12.1 Å². The van der Waals surface area contributed by atoms with Gasteiger partial charge in [0, 0.05) is 30.9 Å². The fraction of sp³-hybridized carbons (Fsp3) is 0.267. The Bertz CT molecular complexity index is 1600. The molecule has 2 aromatic heterocycles. The minimum absolute atomic E-state index is 0.0321. The molecule has 0 spiro atoms. The van der Waals surface area contributed by atoms with Crippen LogP contribution in [0.15, 0.2) is 71.9 Å². The predicted octanol–water partition coefficient (Wildman–Crippen LogP) is 4.18. The van der Waals surface area contributed by atoms with Crippen molar-refractivity contribution in [2.75, 3.05) is 25.2 Å². The van der Waals surface area contributed by atoms with Crippen molar-refractivity contribution in [1.82, 2.24) is 14.5 Å². The summed E-state index contributed by atoms with van der Waals surface area (Å²) in [6.07, 6.45) is 0.401. The highest BCUT2D eigenvalue weighted by molar-refractivity contribution is 6.07. The van der Waals surface area contributed by atoms with Gasteiger partial charge in [-0.15, -0.1) is 0 Å². The standard InChI is InChI=1S/C30H32N6O6/c1-5-41-26(37)15-17-36(25-8-6-7-16-32-25)29(38)21-11-14-24-23(18-21)33-28(35(24)3)19(2)42-22-12-9-20(10-13-22)27(31)34-30(39)40-4/h6-14,16,18-19H,5,15,17H2,1-4H3,(H2,31,34,39). The molecule has 1 unspecified atom stereocenters. The van der Waals surface area contributed by atoms with E-state index in [4.69, 9.17) is 20.2 Å². The Balaban J connectivity index is 1.54. The van der Waals surface area contributed by atoms with Crippen LogP contribution in [0.1, 0.15) is 48.1 Å². The molecule has 218 valence electrons. The number of benzene rings is 2. The summed E-state index contributed by atoms with van der Waals surface area (Å²) in [6.45, 7) is 3.98. The molecule has 12 nitrogen and oxygen atoms in total. The van der Waals surface area contributed by atoms with Gasteiger partial charge in [-0.05, 0) is 68.4 Å². The third-order valence-corrected chi connectivity index (χ3v) is 6.39. The zero-order valence-electron chi connectivity index (χ0n) is 23.8. The summed E-state index contributed by atoms with van der Waals surface area (Å²) in [4.78, 5) is 51.1. The number of rotatable bonds is 10. The summed E-state index contributed by atoms with van der Waals surface area (Å²) in [6, 6.07) is 17.3. The van der Waals surface area contributed by atoms with E-state index in [-0.39, 0.29) is 31.3 Å². The number of aryl methyl sites for hydroxylation is 1. The Morgan fingerprint density at radius 2 is 1.81 bits per heavy atom. The number of amidine groups is 1. The average molecular weight is 573 g/mol. The van der Waals surface area contributed by atoms with E-state index in [1.807, 2.05) is 24.6 Å². The molecule has 0 aliphatic rings. The number of amides is 2. The highest BCUT2D eigenvalue weighted by atomic mass is 16.5. The first kappa shape index (κ1) is 29.7. The van der Waals surface area contributed by atoms with Gasteiger partial charge in [0.25, 0.3) is 5.91 Å². The molecule has 0 aliphatic carbocycles. The molecule has 4 aromatic rings. The van der Waals surface area contributed by atoms with Gasteiger partial charge < -0.3 is 24.5 Å². The van der Waals surface area contributed by atoms with E-state index >= 15 is 0 Å². The van der Waals surface area contributed by atoms with E-state index in [2.05, 4.69) is 14.7 Å². The van der Waals surface area contributed by atoms with Crippen LogP contribution in [0.2, 0.25) is 0 Å². The van der Waals surface area contributed by atoms with Gasteiger partial charge in [0.2, 0.25) is 0 Å². The van der Waals surface area contributed by atoms with Crippen molar-refractivity contribution in [3.05, 3.63) is 83.8 Å². The zero-order valence-corrected chi connectivity index (χ0v) is 23.8. The first-order chi connectivity index (χ1) is 20.2. The van der Waals surface area contributed by atoms with Gasteiger partial charge in [-0.25, -0.2) is 14.8 Å². The number of carbonyl (C=O) groups is 3. The van der Waals surface area contributed by atoms with Crippen molar-refractivity contribution in [2.45, 2.75) is 26.4 Å². The van der Waals surface area contributed by atoms with Crippen LogP contribution in [0, 0.1) is 0 Å². The Hall–Kier alpha value is -5.26. The van der Waals surface area contributed by atoms with Crippen molar-refractivity contribution in [2.24, 2.45) is 17.8 Å². The summed E-state index contributed by atoms with van der Waals surface area (Å²) >= 11 is 0. The number of methoxy groups -OCH3 is 1. The number of imidazole rings is 1. The molecule has 42 heavy (non-hydrogen) atoms. The second kappa shape index (κ2) is 13.4. The molecule has 4 rings (SSSR count). The van der Waals surface area contributed by atoms with Crippen LogP contribution in [-0.2, 0) is 21.3 Å². The first-order valence-corrected chi connectivity index (χ1v) is 13.3. The molecule has 2 amide bonds. The lowest BCUT2D eigenvalue weighted by Crippen LogP contribution is -2.34. The lowest BCUT2D eigenvalue weighted by molar-refractivity contribution is -0.142. The molecule has 0 bridgehead atoms. The third kappa shape index (κ3) is 6.89. The second-order valence-corrected chi connectivity index (χ2v) is 9.18. The van der Waals surface area contributed by atoms with Gasteiger partial charge in [0.1, 0.15) is 17.4 Å². The Kier molecular flexibility index (Phi) is 9.48. The first-order valence-electron chi connectivity index (χ1n) is 13.3. The molecule has 0 fully saturated rings. The van der Waals surface area contributed by atoms with Crippen LogP contribution in [0.3, 0.4) is 0 Å². The number of esters is 1. The highest BCUT2D eigenvalue weighted by Gasteiger charge is 2.22. The normalized spacial score (nSPS) is 12.0. The van der Waals surface area contributed by atoms with Gasteiger partial charge in [-0.1, -0.05) is 6.07 Å². The minimum Gasteiger partial charge on any atom is -0.483 e. The maximum absolute atomic E-state index is 13.6. The van der Waals surface area contributed by atoms with Crippen molar-refractivity contribution in [1.29, 1.82) is 0 Å². The van der Waals surface area contributed by atoms with Crippen LogP contribution in [-0.4, -0.2) is 58.6 Å². The van der Waals surface area contributed by atoms with E-state index in [1.54, 1.807) is 67.7 Å². The largest absolute Gasteiger partial charge is 0.483 e. The fourth-order valence-electron chi connectivity index (χ4n) is 4.31. The topological polar surface area (TPSA) is 151 Å². The molecule has 12 heteroatoms. The molecule has 0 radical (unpaired) electrons. The summed E-state index contributed by atoms with van der Waals surface area (Å²) in [5, 5.41) is 0. The molecule has 0 saturated heterocycles. The number of nitrogens with two attached hydrogens (primary N) is 1. The summed E-state index contributed by atoms with van der Waals surface area (Å²) in [7, 11) is 3.10. The number of aliphatic imine (C=N–C) groups is 1. The van der Waals surface area contributed by atoms with E-state index < -0.39 is 18.2 Å². The van der Waals surface area contributed by atoms with Crippen LogP contribution < -0.4 is 15.4 Å². The number of pyridine rings is 1. The number of hydrogen-bond acceptors (Lipinski definition) is 8. The van der Waals surface area contributed by atoms with Crippen LogP contribution in [0.4, 0.5) is 10.6 Å².